The molecule has 2 aromatic rings. The van der Waals surface area contributed by atoms with Crippen LogP contribution in [-0.2, 0) is 0 Å². The summed E-state index contributed by atoms with van der Waals surface area (Å²) in [5.41, 5.74) is 1.31. The summed E-state index contributed by atoms with van der Waals surface area (Å²) in [7, 11) is 1.76. The molecule has 0 unspecified atom stereocenters. The van der Waals surface area contributed by atoms with Crippen molar-refractivity contribution in [2.24, 2.45) is 0 Å². The molecule has 1 aliphatic rings. The molecule has 1 atom stereocenters. The average Bonchev–Trinajstić information content (AvgIpc) is 2.77. The number of fused-ring (bicyclic) bond motifs is 1. The Morgan fingerprint density at radius 1 is 1.27 bits per heavy atom. The molecule has 1 aromatic heterocycles. The molecule has 1 amide bonds. The second-order valence-electron chi connectivity index (χ2n) is 5.09. The predicted octanol–water partition coefficient (Wildman–Crippen LogP) is 2.16. The molecule has 0 spiro atoms. The summed E-state index contributed by atoms with van der Waals surface area (Å²) in [5, 5.41) is 5.90. The monoisotopic (exact) mass is 298 g/mol. The van der Waals surface area contributed by atoms with E-state index in [2.05, 4.69) is 20.6 Å². The largest absolute Gasteiger partial charge is 0.493 e. The third-order valence-electron chi connectivity index (χ3n) is 3.64. The second-order valence-corrected chi connectivity index (χ2v) is 5.09. The molecule has 0 bridgehead atoms. The lowest BCUT2D eigenvalue weighted by Gasteiger charge is -2.18. The molecule has 6 heteroatoms. The molecule has 0 saturated carbocycles. The van der Waals surface area contributed by atoms with Gasteiger partial charge in [0, 0.05) is 12.6 Å². The van der Waals surface area contributed by atoms with Crippen molar-refractivity contribution < 1.29 is 9.53 Å². The maximum absolute atomic E-state index is 12.4. The molecule has 0 radical (unpaired) electrons. The van der Waals surface area contributed by atoms with Crippen molar-refractivity contribution in [3.05, 3.63) is 47.9 Å². The maximum Gasteiger partial charge on any atom is 0.271 e. The number of nitrogens with zero attached hydrogens (tertiary/aromatic N) is 2. The van der Waals surface area contributed by atoms with Gasteiger partial charge in [-0.2, -0.15) is 0 Å². The summed E-state index contributed by atoms with van der Waals surface area (Å²) in [6.45, 7) is 0.667. The van der Waals surface area contributed by atoms with Crippen LogP contribution in [0.5, 0.6) is 5.75 Å². The maximum atomic E-state index is 12.4. The van der Waals surface area contributed by atoms with Crippen LogP contribution in [0.25, 0.3) is 0 Å². The number of ether oxygens (including phenoxy) is 1. The Labute approximate surface area is 128 Å². The number of para-hydroxylation sites is 1. The van der Waals surface area contributed by atoms with Crippen LogP contribution in [0.2, 0.25) is 0 Å². The highest BCUT2D eigenvalue weighted by Gasteiger charge is 2.22. The zero-order chi connectivity index (χ0) is 15.4. The number of carbonyl (C=O) groups is 1. The summed E-state index contributed by atoms with van der Waals surface area (Å²) in [6, 6.07) is 7.74. The molecule has 22 heavy (non-hydrogen) atoms. The van der Waals surface area contributed by atoms with Gasteiger partial charge in [-0.3, -0.25) is 4.79 Å². The van der Waals surface area contributed by atoms with E-state index in [-0.39, 0.29) is 11.9 Å². The number of carbonyl (C=O) groups excluding carboxylic acids is 1. The molecule has 2 heterocycles. The normalized spacial score (nSPS) is 16.9. The molecule has 0 aliphatic carbocycles. The lowest BCUT2D eigenvalue weighted by atomic mass is 10.0. The fraction of sp³-hybridized carbons (Fsp3) is 0.312. The molecule has 3 rings (SSSR count). The van der Waals surface area contributed by atoms with Crippen LogP contribution in [0.4, 0.5) is 5.82 Å². The number of hydrogen-bond donors (Lipinski definition) is 2. The predicted molar refractivity (Wildman–Crippen MR) is 83.0 cm³/mol. The first-order valence-corrected chi connectivity index (χ1v) is 7.30. The highest BCUT2D eigenvalue weighted by atomic mass is 16.5. The lowest BCUT2D eigenvalue weighted by Crippen LogP contribution is -2.29. The fourth-order valence-electron chi connectivity index (χ4n) is 2.48. The van der Waals surface area contributed by atoms with Crippen LogP contribution in [0.3, 0.4) is 0 Å². The molecule has 6 nitrogen and oxygen atoms in total. The number of amides is 1. The Morgan fingerprint density at radius 3 is 2.91 bits per heavy atom. The van der Waals surface area contributed by atoms with E-state index < -0.39 is 0 Å². The lowest BCUT2D eigenvalue weighted by molar-refractivity contribution is 0.0929. The van der Waals surface area contributed by atoms with Crippen molar-refractivity contribution in [3.63, 3.8) is 0 Å². The molecule has 1 aliphatic heterocycles. The molecular weight excluding hydrogens is 280 g/mol. The molecular formula is C16H18N4O2. The fourth-order valence-corrected chi connectivity index (χ4v) is 2.48. The van der Waals surface area contributed by atoms with Crippen LogP contribution in [0.1, 0.15) is 34.9 Å². The highest BCUT2D eigenvalue weighted by molar-refractivity contribution is 5.92. The highest BCUT2D eigenvalue weighted by Crippen LogP contribution is 2.31. The van der Waals surface area contributed by atoms with E-state index in [0.29, 0.717) is 18.1 Å². The van der Waals surface area contributed by atoms with E-state index in [1.807, 2.05) is 24.3 Å². The topological polar surface area (TPSA) is 76.1 Å². The van der Waals surface area contributed by atoms with Gasteiger partial charge < -0.3 is 15.4 Å². The van der Waals surface area contributed by atoms with Gasteiger partial charge in [0.05, 0.1) is 25.0 Å². The number of rotatable bonds is 3. The second kappa shape index (κ2) is 6.43. The third kappa shape index (κ3) is 3.00. The van der Waals surface area contributed by atoms with Crippen LogP contribution in [0.15, 0.2) is 36.7 Å². The van der Waals surface area contributed by atoms with Crippen LogP contribution >= 0.6 is 0 Å². The first-order valence-electron chi connectivity index (χ1n) is 7.30. The van der Waals surface area contributed by atoms with Crippen LogP contribution in [-0.4, -0.2) is 29.5 Å². The van der Waals surface area contributed by atoms with Crippen LogP contribution < -0.4 is 15.4 Å². The quantitative estimate of drug-likeness (QED) is 0.908. The van der Waals surface area contributed by atoms with Crippen molar-refractivity contribution in [1.82, 2.24) is 15.3 Å². The number of anilines is 1. The van der Waals surface area contributed by atoms with E-state index in [1.165, 1.54) is 6.20 Å². The Morgan fingerprint density at radius 2 is 2.14 bits per heavy atom. The molecule has 2 N–H and O–H groups in total. The summed E-state index contributed by atoms with van der Waals surface area (Å²) in [6.07, 6.45) is 4.74. The van der Waals surface area contributed by atoms with Crippen LogP contribution in [0, 0.1) is 0 Å². The third-order valence-corrected chi connectivity index (χ3v) is 3.64. The summed E-state index contributed by atoms with van der Waals surface area (Å²) in [5.74, 6) is 1.24. The van der Waals surface area contributed by atoms with E-state index >= 15 is 0 Å². The van der Waals surface area contributed by atoms with Crippen molar-refractivity contribution in [2.75, 3.05) is 19.0 Å². The van der Waals surface area contributed by atoms with E-state index in [1.54, 1.807) is 13.2 Å². The minimum absolute atomic E-state index is 0.0722. The minimum atomic E-state index is -0.225. The van der Waals surface area contributed by atoms with E-state index in [9.17, 15) is 4.79 Å². The van der Waals surface area contributed by atoms with Crippen molar-refractivity contribution >= 4 is 11.7 Å². The number of benzene rings is 1. The average molecular weight is 298 g/mol. The Bertz CT molecular complexity index is 657. The number of aromatic nitrogens is 2. The van der Waals surface area contributed by atoms with Gasteiger partial charge in [0.15, 0.2) is 0 Å². The smallest absolute Gasteiger partial charge is 0.271 e. The molecule has 114 valence electrons. The summed E-state index contributed by atoms with van der Waals surface area (Å²) in [4.78, 5) is 20.6. The Kier molecular flexibility index (Phi) is 4.18. The van der Waals surface area contributed by atoms with Gasteiger partial charge in [-0.25, -0.2) is 9.97 Å². The summed E-state index contributed by atoms with van der Waals surface area (Å²) >= 11 is 0. The zero-order valence-electron chi connectivity index (χ0n) is 12.4. The molecule has 0 fully saturated rings. The van der Waals surface area contributed by atoms with Gasteiger partial charge in [0.1, 0.15) is 17.3 Å². The zero-order valence-corrected chi connectivity index (χ0v) is 12.4. The minimum Gasteiger partial charge on any atom is -0.493 e. The van der Waals surface area contributed by atoms with Gasteiger partial charge in [0.25, 0.3) is 5.91 Å². The first-order chi connectivity index (χ1) is 10.8. The van der Waals surface area contributed by atoms with E-state index in [0.717, 1.165) is 24.2 Å². The Balaban J connectivity index is 1.78. The Hall–Kier alpha value is -2.63. The van der Waals surface area contributed by atoms with Gasteiger partial charge in [0.2, 0.25) is 0 Å². The molecule has 0 saturated heterocycles. The molecule has 1 aromatic carbocycles. The SMILES string of the molecule is CNc1cnc(C(=O)N[C@H]2CCCOc3ccccc32)cn1. The van der Waals surface area contributed by atoms with Crippen molar-refractivity contribution in [3.8, 4) is 5.75 Å². The summed E-state index contributed by atoms with van der Waals surface area (Å²) < 4.78 is 5.71. The van der Waals surface area contributed by atoms with Gasteiger partial charge in [-0.05, 0) is 18.9 Å². The first kappa shape index (κ1) is 14.3. The standard InChI is InChI=1S/C16H18N4O2/c1-17-15-10-18-13(9-19-15)16(21)20-12-6-4-8-22-14-7-3-2-5-11(12)14/h2-3,5,7,9-10,12H,4,6,8H2,1H3,(H,17,19)(H,20,21)/t12-/m0/s1. The number of hydrogen-bond acceptors (Lipinski definition) is 5. The van der Waals surface area contributed by atoms with Crippen molar-refractivity contribution in [2.45, 2.75) is 18.9 Å². The van der Waals surface area contributed by atoms with Crippen molar-refractivity contribution in [1.29, 1.82) is 0 Å². The van der Waals surface area contributed by atoms with Gasteiger partial charge >= 0.3 is 0 Å². The van der Waals surface area contributed by atoms with Gasteiger partial charge in [-0.15, -0.1) is 0 Å². The van der Waals surface area contributed by atoms with E-state index in [4.69, 9.17) is 4.74 Å². The van der Waals surface area contributed by atoms with Gasteiger partial charge in [-0.1, -0.05) is 18.2 Å². The number of nitrogens with one attached hydrogen (secondary N) is 2.